The number of hydrogen-bond acceptors (Lipinski definition) is 3. The Bertz CT molecular complexity index is 1350. The first-order chi connectivity index (χ1) is 17.9. The molecule has 0 bridgehead atoms. The van der Waals surface area contributed by atoms with E-state index in [9.17, 15) is 9.59 Å². The average molecular weight is 534 g/mol. The fourth-order valence-electron chi connectivity index (χ4n) is 4.79. The van der Waals surface area contributed by atoms with Crippen molar-refractivity contribution in [3.63, 3.8) is 0 Å². The van der Waals surface area contributed by atoms with E-state index in [-0.39, 0.29) is 17.7 Å². The molecule has 1 aliphatic rings. The van der Waals surface area contributed by atoms with Crippen molar-refractivity contribution in [1.82, 2.24) is 5.32 Å². The third-order valence-electron chi connectivity index (χ3n) is 6.63. The van der Waals surface area contributed by atoms with Crippen LogP contribution in [0.3, 0.4) is 0 Å². The molecule has 0 saturated carbocycles. The molecule has 0 saturated heterocycles. The van der Waals surface area contributed by atoms with E-state index in [4.69, 9.17) is 29.6 Å². The highest BCUT2D eigenvalue weighted by Crippen LogP contribution is 2.38. The molecule has 0 radical (unpaired) electrons. The summed E-state index contributed by atoms with van der Waals surface area (Å²) in [5.41, 5.74) is 4.33. The minimum atomic E-state index is -0.301. The Balaban J connectivity index is 1.56. The first-order valence-electron chi connectivity index (χ1n) is 12.3. The summed E-state index contributed by atoms with van der Waals surface area (Å²) >= 11 is 12.5. The lowest BCUT2D eigenvalue weighted by molar-refractivity contribution is 0.0985. The van der Waals surface area contributed by atoms with E-state index in [0.717, 1.165) is 42.6 Å². The van der Waals surface area contributed by atoms with Crippen LogP contribution in [0.4, 0.5) is 11.4 Å². The van der Waals surface area contributed by atoms with E-state index >= 15 is 0 Å². The zero-order valence-corrected chi connectivity index (χ0v) is 22.2. The zero-order chi connectivity index (χ0) is 26.4. The molecule has 0 aromatic heterocycles. The molecule has 0 aliphatic carbocycles. The van der Waals surface area contributed by atoms with E-state index in [1.54, 1.807) is 36.4 Å². The topological polar surface area (TPSA) is 61.4 Å². The van der Waals surface area contributed by atoms with Gasteiger partial charge in [-0.2, -0.15) is 0 Å². The van der Waals surface area contributed by atoms with Crippen LogP contribution in [0, 0.1) is 19.3 Å². The van der Waals surface area contributed by atoms with Gasteiger partial charge in [0.2, 0.25) is 0 Å². The molecule has 1 atom stereocenters. The molecule has 1 aliphatic heterocycles. The second-order valence-electron chi connectivity index (χ2n) is 9.13. The molecule has 1 heterocycles. The lowest BCUT2D eigenvalue weighted by atomic mass is 9.91. The Morgan fingerprint density at radius 2 is 1.89 bits per heavy atom. The second kappa shape index (κ2) is 12.3. The quantitative estimate of drug-likeness (QED) is 0.262. The summed E-state index contributed by atoms with van der Waals surface area (Å²) in [6.45, 7) is 3.83. The van der Waals surface area contributed by atoms with Gasteiger partial charge in [0.1, 0.15) is 0 Å². The van der Waals surface area contributed by atoms with Gasteiger partial charge in [-0.3, -0.25) is 9.59 Å². The van der Waals surface area contributed by atoms with Crippen LogP contribution in [-0.4, -0.2) is 31.4 Å². The smallest absolute Gasteiger partial charge is 0.258 e. The van der Waals surface area contributed by atoms with E-state index in [1.165, 1.54) is 0 Å². The van der Waals surface area contributed by atoms with Gasteiger partial charge in [0, 0.05) is 28.5 Å². The van der Waals surface area contributed by atoms with Crippen molar-refractivity contribution in [2.24, 2.45) is 0 Å². The van der Waals surface area contributed by atoms with Crippen molar-refractivity contribution in [3.05, 3.63) is 93.0 Å². The van der Waals surface area contributed by atoms with Gasteiger partial charge >= 0.3 is 0 Å². The first-order valence-corrected chi connectivity index (χ1v) is 13.1. The highest BCUT2D eigenvalue weighted by Gasteiger charge is 2.28. The fraction of sp³-hybridized carbons (Fsp3) is 0.267. The molecular formula is C30H29Cl2N3O2. The third kappa shape index (κ3) is 6.34. The summed E-state index contributed by atoms with van der Waals surface area (Å²) in [6.07, 6.45) is 8.10. The van der Waals surface area contributed by atoms with Crippen LogP contribution < -0.4 is 15.5 Å². The summed E-state index contributed by atoms with van der Waals surface area (Å²) in [7, 11) is 0. The Hall–Kier alpha value is -3.30. The number of aryl methyl sites for hydroxylation is 1. The zero-order valence-electron chi connectivity index (χ0n) is 20.7. The first kappa shape index (κ1) is 26.8. The molecule has 0 fully saturated rings. The molecule has 4 rings (SSSR count). The van der Waals surface area contributed by atoms with Crippen LogP contribution in [-0.2, 0) is 0 Å². The lowest BCUT2D eigenvalue weighted by Crippen LogP contribution is -2.32. The summed E-state index contributed by atoms with van der Waals surface area (Å²) in [5, 5.41) is 7.17. The maximum Gasteiger partial charge on any atom is 0.258 e. The van der Waals surface area contributed by atoms with Crippen molar-refractivity contribution in [2.45, 2.75) is 32.1 Å². The molecule has 2 N–H and O–H groups in total. The molecule has 5 nitrogen and oxygen atoms in total. The predicted octanol–water partition coefficient (Wildman–Crippen LogP) is 6.69. The number of hydrogen-bond donors (Lipinski definition) is 2. The Morgan fingerprint density at radius 1 is 1.08 bits per heavy atom. The molecule has 1 unspecified atom stereocenters. The highest BCUT2D eigenvalue weighted by atomic mass is 35.5. The van der Waals surface area contributed by atoms with Crippen molar-refractivity contribution < 1.29 is 9.59 Å². The molecule has 0 spiro atoms. The lowest BCUT2D eigenvalue weighted by Gasteiger charge is -2.25. The number of rotatable bonds is 7. The van der Waals surface area contributed by atoms with Gasteiger partial charge in [-0.1, -0.05) is 41.3 Å². The number of halogens is 2. The number of fused-ring (bicyclic) bond motifs is 1. The van der Waals surface area contributed by atoms with Gasteiger partial charge in [-0.05, 0) is 98.3 Å². The highest BCUT2D eigenvalue weighted by molar-refractivity contribution is 6.34. The van der Waals surface area contributed by atoms with Crippen molar-refractivity contribution in [2.75, 3.05) is 29.9 Å². The molecule has 2 amide bonds. The van der Waals surface area contributed by atoms with Gasteiger partial charge in [0.05, 0.1) is 17.1 Å². The average Bonchev–Trinajstić information content (AvgIpc) is 3.05. The van der Waals surface area contributed by atoms with Crippen molar-refractivity contribution in [3.8, 4) is 12.3 Å². The van der Waals surface area contributed by atoms with Crippen LogP contribution in [0.15, 0.2) is 60.7 Å². The number of amides is 2. The van der Waals surface area contributed by atoms with E-state index < -0.39 is 0 Å². The minimum absolute atomic E-state index is 0.0730. The van der Waals surface area contributed by atoms with Crippen molar-refractivity contribution in [1.29, 1.82) is 0 Å². The molecule has 3 aromatic carbocycles. The van der Waals surface area contributed by atoms with Crippen LogP contribution in [0.25, 0.3) is 0 Å². The molecular weight excluding hydrogens is 505 g/mol. The maximum atomic E-state index is 13.8. The number of terminal acetylenes is 1. The summed E-state index contributed by atoms with van der Waals surface area (Å²) in [5.74, 6) is 2.51. The minimum Gasteiger partial charge on any atom is -0.322 e. The Morgan fingerprint density at radius 3 is 2.65 bits per heavy atom. The normalized spacial score (nSPS) is 14.9. The molecule has 37 heavy (non-hydrogen) atoms. The maximum absolute atomic E-state index is 13.8. The Kier molecular flexibility index (Phi) is 8.89. The van der Waals surface area contributed by atoms with Gasteiger partial charge < -0.3 is 15.5 Å². The van der Waals surface area contributed by atoms with Crippen LogP contribution >= 0.6 is 23.2 Å². The monoisotopic (exact) mass is 533 g/mol. The van der Waals surface area contributed by atoms with E-state index in [0.29, 0.717) is 39.9 Å². The SMILES string of the molecule is C#CCNCCC1CCCN(C(=O)c2ccc(NC(=O)c3ccccc3Cl)cc2C)c2ccc(Cl)cc21. The number of carbonyl (C=O) groups is 2. The standard InChI is InChI=1S/C30H29Cl2N3O2/c1-3-15-33-16-14-21-7-6-17-35(28-13-10-22(31)19-26(21)28)30(37)24-12-11-23(18-20(24)2)34-29(36)25-8-4-5-9-27(25)32/h1,4-5,8-13,18-19,21,33H,6-7,14-17H2,2H3,(H,34,36). The number of anilines is 2. The van der Waals surface area contributed by atoms with Gasteiger partial charge in [0.15, 0.2) is 0 Å². The van der Waals surface area contributed by atoms with Gasteiger partial charge in [-0.15, -0.1) is 6.42 Å². The number of benzene rings is 3. The summed E-state index contributed by atoms with van der Waals surface area (Å²) < 4.78 is 0. The Labute approximate surface area is 228 Å². The summed E-state index contributed by atoms with van der Waals surface area (Å²) in [6, 6.07) is 18.0. The number of nitrogens with zero attached hydrogens (tertiary/aromatic N) is 1. The molecule has 190 valence electrons. The molecule has 3 aromatic rings. The fourth-order valence-corrected chi connectivity index (χ4v) is 5.19. The van der Waals surface area contributed by atoms with Crippen LogP contribution in [0.1, 0.15) is 57.0 Å². The van der Waals surface area contributed by atoms with Crippen molar-refractivity contribution >= 4 is 46.4 Å². The number of carbonyl (C=O) groups excluding carboxylic acids is 2. The van der Waals surface area contributed by atoms with Crippen LogP contribution in [0.5, 0.6) is 0 Å². The van der Waals surface area contributed by atoms with Gasteiger partial charge in [-0.25, -0.2) is 0 Å². The van der Waals surface area contributed by atoms with E-state index in [2.05, 4.69) is 16.6 Å². The second-order valence-corrected chi connectivity index (χ2v) is 9.98. The summed E-state index contributed by atoms with van der Waals surface area (Å²) in [4.78, 5) is 28.3. The largest absolute Gasteiger partial charge is 0.322 e. The third-order valence-corrected chi connectivity index (χ3v) is 7.19. The predicted molar refractivity (Wildman–Crippen MR) is 152 cm³/mol. The van der Waals surface area contributed by atoms with Crippen LogP contribution in [0.2, 0.25) is 10.0 Å². The molecule has 7 heteroatoms. The van der Waals surface area contributed by atoms with Gasteiger partial charge in [0.25, 0.3) is 11.8 Å². The van der Waals surface area contributed by atoms with E-state index in [1.807, 2.05) is 36.1 Å². The number of nitrogens with one attached hydrogen (secondary N) is 2.